The van der Waals surface area contributed by atoms with Gasteiger partial charge in [-0.05, 0) is 50.1 Å². The quantitative estimate of drug-likeness (QED) is 0.700. The van der Waals surface area contributed by atoms with Crippen molar-refractivity contribution >= 4 is 23.2 Å². The van der Waals surface area contributed by atoms with Crippen LogP contribution in [0.15, 0.2) is 42.5 Å². The van der Waals surface area contributed by atoms with Gasteiger partial charge >= 0.3 is 6.18 Å². The number of likely N-dealkylation sites (tertiary alicyclic amines) is 1. The zero-order valence-corrected chi connectivity index (χ0v) is 18.4. The highest BCUT2D eigenvalue weighted by Gasteiger charge is 2.38. The molecule has 1 N–H and O–H groups in total. The number of benzene rings is 2. The number of halogens is 4. The number of carbonyl (C=O) groups excluding carboxylic acids is 1. The Hall–Kier alpha value is -2.76. The molecule has 1 heterocycles. The standard InChI is InChI=1S/C23H23ClF3N3O2/c1-22(2,32)21(31)29-10-9-18(14-29)30(17-8-7-15(12-28)20(24)11-17)13-16-5-3-4-6-19(16)23(25,26)27/h3-8,11,18,32H,9-10,13-14H2,1-2H3/t18-/m0/s1. The maximum Gasteiger partial charge on any atom is 0.416 e. The van der Waals surface area contributed by atoms with Gasteiger partial charge in [-0.1, -0.05) is 29.8 Å². The van der Waals surface area contributed by atoms with Crippen molar-refractivity contribution in [2.24, 2.45) is 0 Å². The summed E-state index contributed by atoms with van der Waals surface area (Å²) in [6, 6.07) is 11.7. The van der Waals surface area contributed by atoms with Gasteiger partial charge in [0.25, 0.3) is 5.91 Å². The first-order chi connectivity index (χ1) is 14.9. The van der Waals surface area contributed by atoms with Crippen LogP contribution in [0.2, 0.25) is 5.02 Å². The first-order valence-electron chi connectivity index (χ1n) is 10.0. The molecule has 0 bridgehead atoms. The minimum Gasteiger partial charge on any atom is -0.381 e. The number of nitriles is 1. The van der Waals surface area contributed by atoms with Crippen LogP contribution in [0, 0.1) is 11.3 Å². The predicted molar refractivity (Wildman–Crippen MR) is 115 cm³/mol. The molecule has 2 aromatic carbocycles. The SMILES string of the molecule is CC(C)(O)C(=O)N1CC[C@H](N(Cc2ccccc2C(F)(F)F)c2ccc(C#N)c(Cl)c2)C1. The van der Waals surface area contributed by atoms with Gasteiger partial charge in [0, 0.05) is 31.4 Å². The van der Waals surface area contributed by atoms with Gasteiger partial charge < -0.3 is 14.9 Å². The number of nitrogens with zero attached hydrogens (tertiary/aromatic N) is 3. The summed E-state index contributed by atoms with van der Waals surface area (Å²) in [6.45, 7) is 3.36. The molecular formula is C23H23ClF3N3O2. The highest BCUT2D eigenvalue weighted by Crippen LogP contribution is 2.35. The maximum atomic E-state index is 13.6. The van der Waals surface area contributed by atoms with E-state index in [2.05, 4.69) is 0 Å². The van der Waals surface area contributed by atoms with Crippen LogP contribution in [0.5, 0.6) is 0 Å². The molecule has 1 saturated heterocycles. The third-order valence-corrected chi connectivity index (χ3v) is 5.80. The lowest BCUT2D eigenvalue weighted by Crippen LogP contribution is -2.46. The monoisotopic (exact) mass is 465 g/mol. The molecule has 3 rings (SSSR count). The van der Waals surface area contributed by atoms with Crippen LogP contribution in [-0.2, 0) is 17.5 Å². The van der Waals surface area contributed by atoms with Crippen LogP contribution in [0.25, 0.3) is 0 Å². The van der Waals surface area contributed by atoms with Crippen molar-refractivity contribution in [2.45, 2.75) is 44.6 Å². The average molecular weight is 466 g/mol. The number of rotatable bonds is 5. The maximum absolute atomic E-state index is 13.6. The van der Waals surface area contributed by atoms with E-state index in [0.717, 1.165) is 6.07 Å². The highest BCUT2D eigenvalue weighted by molar-refractivity contribution is 6.32. The lowest BCUT2D eigenvalue weighted by molar-refractivity contribution is -0.146. The largest absolute Gasteiger partial charge is 0.416 e. The number of carbonyl (C=O) groups is 1. The van der Waals surface area contributed by atoms with Gasteiger partial charge in [-0.2, -0.15) is 18.4 Å². The van der Waals surface area contributed by atoms with Crippen molar-refractivity contribution < 1.29 is 23.1 Å². The van der Waals surface area contributed by atoms with E-state index in [9.17, 15) is 23.1 Å². The van der Waals surface area contributed by atoms with E-state index in [1.54, 1.807) is 23.1 Å². The van der Waals surface area contributed by atoms with Crippen molar-refractivity contribution in [3.8, 4) is 6.07 Å². The van der Waals surface area contributed by atoms with E-state index in [-0.39, 0.29) is 35.3 Å². The molecule has 0 unspecified atom stereocenters. The van der Waals surface area contributed by atoms with Crippen molar-refractivity contribution in [2.75, 3.05) is 18.0 Å². The molecule has 5 nitrogen and oxygen atoms in total. The molecule has 0 saturated carbocycles. The molecule has 170 valence electrons. The number of alkyl halides is 3. The van der Waals surface area contributed by atoms with Crippen LogP contribution < -0.4 is 4.90 Å². The zero-order valence-electron chi connectivity index (χ0n) is 17.7. The van der Waals surface area contributed by atoms with Crippen LogP contribution in [-0.4, -0.2) is 40.6 Å². The van der Waals surface area contributed by atoms with Gasteiger partial charge in [0.05, 0.1) is 16.1 Å². The van der Waals surface area contributed by atoms with E-state index < -0.39 is 23.2 Å². The highest BCUT2D eigenvalue weighted by atomic mass is 35.5. The smallest absolute Gasteiger partial charge is 0.381 e. The Bertz CT molecular complexity index is 1040. The molecule has 1 amide bonds. The third kappa shape index (κ3) is 5.17. The topological polar surface area (TPSA) is 67.6 Å². The van der Waals surface area contributed by atoms with E-state index in [1.807, 2.05) is 6.07 Å². The number of hydrogen-bond acceptors (Lipinski definition) is 4. The fraction of sp³-hybridized carbons (Fsp3) is 0.391. The number of hydrogen-bond donors (Lipinski definition) is 1. The fourth-order valence-electron chi connectivity index (χ4n) is 3.89. The van der Waals surface area contributed by atoms with Crippen LogP contribution >= 0.6 is 11.6 Å². The van der Waals surface area contributed by atoms with E-state index >= 15 is 0 Å². The first kappa shape index (κ1) is 23.9. The molecule has 1 aliphatic heterocycles. The van der Waals surface area contributed by atoms with Gasteiger partial charge in [-0.25, -0.2) is 0 Å². The molecule has 0 aromatic heterocycles. The summed E-state index contributed by atoms with van der Waals surface area (Å²) in [5, 5.41) is 19.4. The van der Waals surface area contributed by atoms with Crippen LogP contribution in [0.1, 0.15) is 37.0 Å². The Labute approximate surface area is 189 Å². The number of amides is 1. The van der Waals surface area contributed by atoms with E-state index in [1.165, 1.54) is 36.9 Å². The van der Waals surface area contributed by atoms with Crippen molar-refractivity contribution in [3.63, 3.8) is 0 Å². The molecule has 9 heteroatoms. The Morgan fingerprint density at radius 2 is 1.97 bits per heavy atom. The Kier molecular flexibility index (Phi) is 6.72. The molecule has 32 heavy (non-hydrogen) atoms. The van der Waals surface area contributed by atoms with Gasteiger partial charge in [0.1, 0.15) is 11.7 Å². The van der Waals surface area contributed by atoms with Gasteiger partial charge in [-0.15, -0.1) is 0 Å². The lowest BCUT2D eigenvalue weighted by Gasteiger charge is -2.33. The summed E-state index contributed by atoms with van der Waals surface area (Å²) in [4.78, 5) is 15.8. The van der Waals surface area contributed by atoms with E-state index in [4.69, 9.17) is 16.9 Å². The van der Waals surface area contributed by atoms with Crippen molar-refractivity contribution in [3.05, 3.63) is 64.2 Å². The molecule has 1 aliphatic rings. The van der Waals surface area contributed by atoms with Crippen molar-refractivity contribution in [1.82, 2.24) is 4.90 Å². The minimum atomic E-state index is -4.51. The third-order valence-electron chi connectivity index (χ3n) is 5.48. The summed E-state index contributed by atoms with van der Waals surface area (Å²) in [5.74, 6) is -0.437. The molecule has 1 fully saturated rings. The Morgan fingerprint density at radius 1 is 1.28 bits per heavy atom. The summed E-state index contributed by atoms with van der Waals surface area (Å²) >= 11 is 6.20. The molecule has 0 spiro atoms. The summed E-state index contributed by atoms with van der Waals surface area (Å²) in [6.07, 6.45) is -4.00. The van der Waals surface area contributed by atoms with Gasteiger partial charge in [0.15, 0.2) is 0 Å². The lowest BCUT2D eigenvalue weighted by atomic mass is 10.0. The van der Waals surface area contributed by atoms with Crippen molar-refractivity contribution in [1.29, 1.82) is 5.26 Å². The summed E-state index contributed by atoms with van der Waals surface area (Å²) in [7, 11) is 0. The van der Waals surface area contributed by atoms with Crippen LogP contribution in [0.4, 0.5) is 18.9 Å². The number of anilines is 1. The fourth-order valence-corrected chi connectivity index (χ4v) is 4.11. The molecule has 1 atom stereocenters. The normalized spacial score (nSPS) is 16.7. The van der Waals surface area contributed by atoms with E-state index in [0.29, 0.717) is 18.7 Å². The number of aliphatic hydroxyl groups is 1. The van der Waals surface area contributed by atoms with Crippen LogP contribution in [0.3, 0.4) is 0 Å². The minimum absolute atomic E-state index is 0.0624. The summed E-state index contributed by atoms with van der Waals surface area (Å²) < 4.78 is 40.8. The Morgan fingerprint density at radius 3 is 2.56 bits per heavy atom. The summed E-state index contributed by atoms with van der Waals surface area (Å²) in [5.41, 5.74) is -1.37. The molecular weight excluding hydrogens is 443 g/mol. The van der Waals surface area contributed by atoms with Gasteiger partial charge in [0.2, 0.25) is 0 Å². The molecule has 2 aromatic rings. The second-order valence-corrected chi connectivity index (χ2v) is 8.72. The predicted octanol–water partition coefficient (Wildman–Crippen LogP) is 4.61. The first-order valence-corrected chi connectivity index (χ1v) is 10.4. The zero-order chi connectivity index (χ0) is 23.7. The second-order valence-electron chi connectivity index (χ2n) is 8.31. The molecule has 0 aliphatic carbocycles. The van der Waals surface area contributed by atoms with Gasteiger partial charge in [-0.3, -0.25) is 4.79 Å². The second kappa shape index (κ2) is 9.00. The molecule has 0 radical (unpaired) electrons. The average Bonchev–Trinajstić information content (AvgIpc) is 3.20. The Balaban J connectivity index is 1.98.